The minimum absolute atomic E-state index is 0.141. The van der Waals surface area contributed by atoms with Crippen LogP contribution in [0.5, 0.6) is 0 Å². The molecule has 0 saturated carbocycles. The van der Waals surface area contributed by atoms with Crippen molar-refractivity contribution in [3.05, 3.63) is 34.5 Å². The van der Waals surface area contributed by atoms with Gasteiger partial charge in [0, 0.05) is 18.7 Å². The molecule has 2 aromatic rings. The van der Waals surface area contributed by atoms with Crippen LogP contribution in [0.3, 0.4) is 0 Å². The van der Waals surface area contributed by atoms with Crippen molar-refractivity contribution in [2.75, 3.05) is 0 Å². The summed E-state index contributed by atoms with van der Waals surface area (Å²) in [4.78, 5) is 12.2. The molecule has 1 N–H and O–H groups in total. The van der Waals surface area contributed by atoms with Gasteiger partial charge >= 0.3 is 0 Å². The van der Waals surface area contributed by atoms with Crippen LogP contribution < -0.4 is 4.72 Å². The molecule has 1 atom stereocenters. The summed E-state index contributed by atoms with van der Waals surface area (Å²) in [6.07, 6.45) is 0.456. The maximum Gasteiger partial charge on any atom is 0.273 e. The topological polar surface area (TPSA) is 81.1 Å². The third kappa shape index (κ3) is 3.38. The smallest absolute Gasteiger partial charge is 0.273 e. The maximum absolute atomic E-state index is 12.2. The Labute approximate surface area is 134 Å². The summed E-state index contributed by atoms with van der Waals surface area (Å²) in [5.74, 6) is -0.965. The second-order valence-corrected chi connectivity index (χ2v) is 8.14. The highest BCUT2D eigenvalue weighted by Crippen LogP contribution is 2.19. The Balaban J connectivity index is 2.10. The first kappa shape index (κ1) is 16.7. The van der Waals surface area contributed by atoms with Crippen LogP contribution in [-0.4, -0.2) is 24.1 Å². The van der Waals surface area contributed by atoms with E-state index in [1.807, 2.05) is 20.9 Å². The van der Waals surface area contributed by atoms with E-state index in [-0.39, 0.29) is 4.21 Å². The average Bonchev–Trinajstić information content (AvgIpc) is 3.04. The molecule has 0 saturated heterocycles. The van der Waals surface area contributed by atoms with Crippen LogP contribution in [0.15, 0.2) is 21.7 Å². The summed E-state index contributed by atoms with van der Waals surface area (Å²) in [5, 5.41) is 5.96. The number of carbonyl (C=O) groups excluding carboxylic acids is 1. The molecule has 0 unspecified atom stereocenters. The van der Waals surface area contributed by atoms with Gasteiger partial charge in [0.25, 0.3) is 10.0 Å². The van der Waals surface area contributed by atoms with E-state index < -0.39 is 21.8 Å². The molecule has 0 aliphatic carbocycles. The number of aryl methyl sites for hydroxylation is 2. The van der Waals surface area contributed by atoms with E-state index in [0.29, 0.717) is 6.42 Å². The second kappa shape index (κ2) is 6.21. The Morgan fingerprint density at radius 3 is 2.64 bits per heavy atom. The van der Waals surface area contributed by atoms with E-state index in [2.05, 4.69) is 9.82 Å². The SMILES string of the molecule is Cc1nn(C)c(C)c1C[C@H](C)C(=O)NS(=O)(=O)c1cccs1. The van der Waals surface area contributed by atoms with Crippen molar-refractivity contribution in [1.82, 2.24) is 14.5 Å². The largest absolute Gasteiger partial charge is 0.274 e. The van der Waals surface area contributed by atoms with Crippen molar-refractivity contribution in [2.45, 2.75) is 31.4 Å². The van der Waals surface area contributed by atoms with Crippen LogP contribution in [-0.2, 0) is 28.3 Å². The Kier molecular flexibility index (Phi) is 4.72. The van der Waals surface area contributed by atoms with Crippen LogP contribution in [0, 0.1) is 19.8 Å². The van der Waals surface area contributed by atoms with Crippen LogP contribution in [0.4, 0.5) is 0 Å². The Hall–Kier alpha value is -1.67. The number of hydrogen-bond donors (Lipinski definition) is 1. The Morgan fingerprint density at radius 1 is 1.45 bits per heavy atom. The third-order valence-corrected chi connectivity index (χ3v) is 6.36. The predicted octanol–water partition coefficient (Wildman–Crippen LogP) is 1.78. The first-order valence-electron chi connectivity index (χ1n) is 6.81. The number of aromatic nitrogens is 2. The first-order valence-corrected chi connectivity index (χ1v) is 9.18. The van der Waals surface area contributed by atoms with E-state index in [0.717, 1.165) is 28.3 Å². The number of carbonyl (C=O) groups is 1. The van der Waals surface area contributed by atoms with Crippen LogP contribution in [0.2, 0.25) is 0 Å². The van der Waals surface area contributed by atoms with Crippen molar-refractivity contribution in [3.8, 4) is 0 Å². The highest BCUT2D eigenvalue weighted by Gasteiger charge is 2.24. The lowest BCUT2D eigenvalue weighted by atomic mass is 9.99. The van der Waals surface area contributed by atoms with Crippen LogP contribution in [0.25, 0.3) is 0 Å². The zero-order valence-corrected chi connectivity index (χ0v) is 14.6. The summed E-state index contributed by atoms with van der Waals surface area (Å²) < 4.78 is 28.2. The predicted molar refractivity (Wildman–Crippen MR) is 85.2 cm³/mol. The van der Waals surface area contributed by atoms with Gasteiger partial charge in [0.2, 0.25) is 5.91 Å². The van der Waals surface area contributed by atoms with Crippen molar-refractivity contribution >= 4 is 27.3 Å². The van der Waals surface area contributed by atoms with Crippen molar-refractivity contribution in [3.63, 3.8) is 0 Å². The number of hydrogen-bond acceptors (Lipinski definition) is 5. The molecule has 0 aliphatic heterocycles. The summed E-state index contributed by atoms with van der Waals surface area (Å²) >= 11 is 1.08. The monoisotopic (exact) mass is 341 g/mol. The normalized spacial score (nSPS) is 13.1. The molecule has 1 amide bonds. The quantitative estimate of drug-likeness (QED) is 0.899. The second-order valence-electron chi connectivity index (χ2n) is 5.28. The molecule has 2 heterocycles. The van der Waals surface area contributed by atoms with E-state index in [1.165, 1.54) is 6.07 Å². The summed E-state index contributed by atoms with van der Waals surface area (Å²) in [6, 6.07) is 3.11. The van der Waals surface area contributed by atoms with Gasteiger partial charge in [0.05, 0.1) is 5.69 Å². The standard InChI is InChI=1S/C14H19N3O3S2/c1-9(8-12-10(2)15-17(4)11(12)3)14(18)16-22(19,20)13-6-5-7-21-13/h5-7,9H,8H2,1-4H3,(H,16,18)/t9-/m0/s1. The number of nitrogens with one attached hydrogen (secondary N) is 1. The molecule has 0 aromatic carbocycles. The average molecular weight is 341 g/mol. The van der Waals surface area contributed by atoms with Gasteiger partial charge in [-0.15, -0.1) is 11.3 Å². The molecule has 120 valence electrons. The number of sulfonamides is 1. The van der Waals surface area contributed by atoms with Crippen molar-refractivity contribution < 1.29 is 13.2 Å². The fraction of sp³-hybridized carbons (Fsp3) is 0.429. The molecule has 0 spiro atoms. The van der Waals surface area contributed by atoms with Gasteiger partial charge in [-0.3, -0.25) is 9.48 Å². The highest BCUT2D eigenvalue weighted by atomic mass is 32.2. The zero-order chi connectivity index (χ0) is 16.5. The summed E-state index contributed by atoms with van der Waals surface area (Å²) in [7, 11) is -1.93. The van der Waals surface area contributed by atoms with Gasteiger partial charge < -0.3 is 0 Å². The number of thiophene rings is 1. The summed E-state index contributed by atoms with van der Waals surface area (Å²) in [6.45, 7) is 5.53. The number of amides is 1. The van der Waals surface area contributed by atoms with E-state index in [1.54, 1.807) is 23.1 Å². The molecule has 2 rings (SSSR count). The fourth-order valence-corrected chi connectivity index (χ4v) is 4.28. The molecule has 0 fully saturated rings. The van der Waals surface area contributed by atoms with Crippen molar-refractivity contribution in [2.24, 2.45) is 13.0 Å². The lowest BCUT2D eigenvalue weighted by Gasteiger charge is -2.12. The molecular formula is C14H19N3O3S2. The lowest BCUT2D eigenvalue weighted by molar-refractivity contribution is -0.122. The number of rotatable bonds is 5. The van der Waals surface area contributed by atoms with Crippen molar-refractivity contribution in [1.29, 1.82) is 0 Å². The zero-order valence-electron chi connectivity index (χ0n) is 13.0. The Bertz CT molecular complexity index is 777. The van der Waals surface area contributed by atoms with Gasteiger partial charge in [-0.25, -0.2) is 13.1 Å². The number of nitrogens with zero attached hydrogens (tertiary/aromatic N) is 2. The fourth-order valence-electron chi connectivity index (χ4n) is 2.21. The molecule has 0 radical (unpaired) electrons. The van der Waals surface area contributed by atoms with Gasteiger partial charge in [-0.05, 0) is 37.3 Å². The molecule has 6 nitrogen and oxygen atoms in total. The van der Waals surface area contributed by atoms with Gasteiger partial charge in [0.1, 0.15) is 4.21 Å². The van der Waals surface area contributed by atoms with Crippen LogP contribution >= 0.6 is 11.3 Å². The summed E-state index contributed by atoms with van der Waals surface area (Å²) in [5.41, 5.74) is 2.83. The van der Waals surface area contributed by atoms with Crippen LogP contribution in [0.1, 0.15) is 23.9 Å². The molecule has 2 aromatic heterocycles. The molecule has 8 heteroatoms. The van der Waals surface area contributed by atoms with E-state index in [4.69, 9.17) is 0 Å². The first-order chi connectivity index (χ1) is 10.2. The highest BCUT2D eigenvalue weighted by molar-refractivity contribution is 7.92. The molecular weight excluding hydrogens is 322 g/mol. The van der Waals surface area contributed by atoms with Gasteiger partial charge in [-0.1, -0.05) is 13.0 Å². The maximum atomic E-state index is 12.2. The van der Waals surface area contributed by atoms with E-state index in [9.17, 15) is 13.2 Å². The molecule has 0 aliphatic rings. The molecule has 22 heavy (non-hydrogen) atoms. The minimum atomic E-state index is -3.77. The minimum Gasteiger partial charge on any atom is -0.274 e. The van der Waals surface area contributed by atoms with Gasteiger partial charge in [-0.2, -0.15) is 5.10 Å². The lowest BCUT2D eigenvalue weighted by Crippen LogP contribution is -2.35. The van der Waals surface area contributed by atoms with E-state index >= 15 is 0 Å². The molecule has 0 bridgehead atoms. The third-order valence-electron chi connectivity index (χ3n) is 3.61. The van der Waals surface area contributed by atoms with Gasteiger partial charge in [0.15, 0.2) is 0 Å². The Morgan fingerprint density at radius 2 is 2.14 bits per heavy atom.